The standard InChI is InChI=1S/C20H27N3O3S2/c1-20(2)14-23(11-12-28(20,24)25)19(21-3)22-13-17-9-10-18(27-17)15-5-7-16(26-4)8-6-15/h5-10H,11-14H2,1-4H3,(H,21,22). The number of rotatable bonds is 4. The van der Waals surface area contributed by atoms with Crippen LogP contribution >= 0.6 is 11.3 Å². The number of aliphatic imine (C=N–C) groups is 1. The minimum Gasteiger partial charge on any atom is -0.497 e. The first-order valence-corrected chi connectivity index (χ1v) is 11.6. The lowest BCUT2D eigenvalue weighted by Crippen LogP contribution is -2.57. The first kappa shape index (κ1) is 20.7. The second-order valence-electron chi connectivity index (χ2n) is 7.40. The Balaban J connectivity index is 1.64. The minimum atomic E-state index is -3.07. The highest BCUT2D eigenvalue weighted by molar-refractivity contribution is 7.92. The lowest BCUT2D eigenvalue weighted by molar-refractivity contribution is 0.353. The lowest BCUT2D eigenvalue weighted by atomic mass is 10.2. The van der Waals surface area contributed by atoms with E-state index in [4.69, 9.17) is 4.74 Å². The van der Waals surface area contributed by atoms with Crippen LogP contribution in [0.2, 0.25) is 0 Å². The van der Waals surface area contributed by atoms with Crippen LogP contribution < -0.4 is 10.1 Å². The molecule has 28 heavy (non-hydrogen) atoms. The molecule has 0 spiro atoms. The van der Waals surface area contributed by atoms with Gasteiger partial charge in [0, 0.05) is 29.9 Å². The summed E-state index contributed by atoms with van der Waals surface area (Å²) in [7, 11) is 0.328. The van der Waals surface area contributed by atoms with Gasteiger partial charge in [0.15, 0.2) is 15.8 Å². The number of methoxy groups -OCH3 is 1. The monoisotopic (exact) mass is 421 g/mol. The van der Waals surface area contributed by atoms with Crippen molar-refractivity contribution in [2.75, 3.05) is 33.0 Å². The fourth-order valence-corrected chi connectivity index (χ4v) is 5.53. The molecule has 0 bridgehead atoms. The van der Waals surface area contributed by atoms with Crippen molar-refractivity contribution in [3.63, 3.8) is 0 Å². The van der Waals surface area contributed by atoms with Crippen LogP contribution in [0.1, 0.15) is 18.7 Å². The van der Waals surface area contributed by atoms with Crippen molar-refractivity contribution in [3.05, 3.63) is 41.3 Å². The Morgan fingerprint density at radius 1 is 1.25 bits per heavy atom. The predicted octanol–water partition coefficient (Wildman–Crippen LogP) is 3.01. The maximum absolute atomic E-state index is 12.2. The van der Waals surface area contributed by atoms with E-state index < -0.39 is 14.6 Å². The Hall–Kier alpha value is -2.06. The molecule has 0 aliphatic carbocycles. The Morgan fingerprint density at radius 2 is 1.96 bits per heavy atom. The lowest BCUT2D eigenvalue weighted by Gasteiger charge is -2.39. The van der Waals surface area contributed by atoms with Gasteiger partial charge in [-0.2, -0.15) is 0 Å². The summed E-state index contributed by atoms with van der Waals surface area (Å²) in [5, 5.41) is 3.38. The molecule has 152 valence electrons. The summed E-state index contributed by atoms with van der Waals surface area (Å²) in [5.74, 6) is 1.74. The molecule has 2 aromatic rings. The maximum Gasteiger partial charge on any atom is 0.194 e. The summed E-state index contributed by atoms with van der Waals surface area (Å²) in [6, 6.07) is 12.2. The summed E-state index contributed by atoms with van der Waals surface area (Å²) in [4.78, 5) is 8.76. The summed E-state index contributed by atoms with van der Waals surface area (Å²) in [6.07, 6.45) is 0. The van der Waals surface area contributed by atoms with E-state index in [1.165, 1.54) is 9.75 Å². The van der Waals surface area contributed by atoms with Crippen LogP contribution in [0, 0.1) is 0 Å². The van der Waals surface area contributed by atoms with Gasteiger partial charge >= 0.3 is 0 Å². The number of hydrogen-bond donors (Lipinski definition) is 1. The summed E-state index contributed by atoms with van der Waals surface area (Å²) in [6.45, 7) is 5.12. The minimum absolute atomic E-state index is 0.154. The van der Waals surface area contributed by atoms with Gasteiger partial charge in [-0.3, -0.25) is 4.99 Å². The summed E-state index contributed by atoms with van der Waals surface area (Å²) >= 11 is 1.73. The van der Waals surface area contributed by atoms with E-state index in [0.29, 0.717) is 19.6 Å². The normalized spacial score (nSPS) is 18.7. The molecule has 1 N–H and O–H groups in total. The zero-order valence-corrected chi connectivity index (χ0v) is 18.4. The second kappa shape index (κ2) is 8.13. The van der Waals surface area contributed by atoms with Crippen molar-refractivity contribution in [1.82, 2.24) is 10.2 Å². The number of benzene rings is 1. The third-order valence-electron chi connectivity index (χ3n) is 5.01. The molecule has 1 aliphatic heterocycles. The van der Waals surface area contributed by atoms with Crippen molar-refractivity contribution >= 4 is 27.1 Å². The van der Waals surface area contributed by atoms with E-state index >= 15 is 0 Å². The highest BCUT2D eigenvalue weighted by atomic mass is 32.2. The number of nitrogens with one attached hydrogen (secondary N) is 1. The van der Waals surface area contributed by atoms with Crippen LogP contribution in [0.25, 0.3) is 10.4 Å². The van der Waals surface area contributed by atoms with Gasteiger partial charge in [-0.15, -0.1) is 11.3 Å². The topological polar surface area (TPSA) is 71.0 Å². The SMILES string of the molecule is CN=C(NCc1ccc(-c2ccc(OC)cc2)s1)N1CCS(=O)(=O)C(C)(C)C1. The van der Waals surface area contributed by atoms with Gasteiger partial charge in [-0.1, -0.05) is 0 Å². The van der Waals surface area contributed by atoms with Crippen molar-refractivity contribution in [3.8, 4) is 16.2 Å². The third-order valence-corrected chi connectivity index (χ3v) is 8.68. The number of hydrogen-bond acceptors (Lipinski definition) is 5. The molecule has 2 heterocycles. The van der Waals surface area contributed by atoms with Gasteiger partial charge in [0.1, 0.15) is 5.75 Å². The van der Waals surface area contributed by atoms with Gasteiger partial charge in [0.2, 0.25) is 0 Å². The average Bonchev–Trinajstić information content (AvgIpc) is 3.14. The van der Waals surface area contributed by atoms with Crippen molar-refractivity contribution in [2.24, 2.45) is 4.99 Å². The smallest absolute Gasteiger partial charge is 0.194 e. The molecule has 1 aromatic heterocycles. The van der Waals surface area contributed by atoms with Crippen LogP contribution in [-0.4, -0.2) is 57.0 Å². The first-order valence-electron chi connectivity index (χ1n) is 9.17. The molecule has 3 rings (SSSR count). The zero-order chi connectivity index (χ0) is 20.4. The molecular formula is C20H27N3O3S2. The van der Waals surface area contributed by atoms with E-state index in [9.17, 15) is 8.42 Å². The molecule has 0 saturated carbocycles. The number of thiophene rings is 1. The predicted molar refractivity (Wildman–Crippen MR) is 116 cm³/mol. The number of guanidine groups is 1. The Morgan fingerprint density at radius 3 is 2.57 bits per heavy atom. The molecule has 0 unspecified atom stereocenters. The van der Waals surface area contributed by atoms with E-state index in [1.807, 2.05) is 17.0 Å². The van der Waals surface area contributed by atoms with Crippen LogP contribution in [0.15, 0.2) is 41.4 Å². The fraction of sp³-hybridized carbons (Fsp3) is 0.450. The highest BCUT2D eigenvalue weighted by Gasteiger charge is 2.40. The average molecular weight is 422 g/mol. The Bertz CT molecular complexity index is 947. The Kier molecular flexibility index (Phi) is 6.00. The summed E-state index contributed by atoms with van der Waals surface area (Å²) < 4.78 is 28.9. The molecule has 1 aromatic carbocycles. The molecule has 0 radical (unpaired) electrons. The quantitative estimate of drug-likeness (QED) is 0.607. The largest absolute Gasteiger partial charge is 0.497 e. The molecule has 1 fully saturated rings. The summed E-state index contributed by atoms with van der Waals surface area (Å²) in [5.41, 5.74) is 1.16. The van der Waals surface area contributed by atoms with Crippen LogP contribution in [-0.2, 0) is 16.4 Å². The molecule has 1 aliphatic rings. The fourth-order valence-electron chi connectivity index (χ4n) is 3.21. The van der Waals surface area contributed by atoms with Crippen LogP contribution in [0.3, 0.4) is 0 Å². The first-order chi connectivity index (χ1) is 13.3. The van der Waals surface area contributed by atoms with Crippen molar-refractivity contribution in [2.45, 2.75) is 25.1 Å². The van der Waals surface area contributed by atoms with Gasteiger partial charge in [-0.25, -0.2) is 8.42 Å². The molecule has 1 saturated heterocycles. The molecule has 6 nitrogen and oxygen atoms in total. The number of sulfone groups is 1. The Labute approximate surface area is 171 Å². The number of ether oxygens (including phenoxy) is 1. The van der Waals surface area contributed by atoms with Gasteiger partial charge < -0.3 is 15.0 Å². The maximum atomic E-state index is 12.2. The second-order valence-corrected chi connectivity index (χ2v) is 11.3. The molecule has 0 amide bonds. The van der Waals surface area contributed by atoms with E-state index in [0.717, 1.165) is 17.3 Å². The number of nitrogens with zero attached hydrogens (tertiary/aromatic N) is 2. The third kappa shape index (κ3) is 4.33. The van der Waals surface area contributed by atoms with Gasteiger partial charge in [-0.05, 0) is 55.8 Å². The van der Waals surface area contributed by atoms with Crippen molar-refractivity contribution < 1.29 is 13.2 Å². The van der Waals surface area contributed by atoms with E-state index in [2.05, 4.69) is 34.6 Å². The zero-order valence-electron chi connectivity index (χ0n) is 16.7. The van der Waals surface area contributed by atoms with E-state index in [1.54, 1.807) is 39.3 Å². The molecular weight excluding hydrogens is 394 g/mol. The van der Waals surface area contributed by atoms with Gasteiger partial charge in [0.05, 0.1) is 24.2 Å². The van der Waals surface area contributed by atoms with Crippen LogP contribution in [0.4, 0.5) is 0 Å². The van der Waals surface area contributed by atoms with E-state index in [-0.39, 0.29) is 5.75 Å². The van der Waals surface area contributed by atoms with Crippen LogP contribution in [0.5, 0.6) is 5.75 Å². The van der Waals surface area contributed by atoms with Crippen molar-refractivity contribution in [1.29, 1.82) is 0 Å². The molecule has 8 heteroatoms. The molecule has 0 atom stereocenters. The highest BCUT2D eigenvalue weighted by Crippen LogP contribution is 2.29. The van der Waals surface area contributed by atoms with Gasteiger partial charge in [0.25, 0.3) is 0 Å².